The zero-order valence-electron chi connectivity index (χ0n) is 16.2. The third-order valence-electron chi connectivity index (χ3n) is 4.89. The first kappa shape index (κ1) is 18.7. The maximum atomic E-state index is 13.8. The average Bonchev–Trinajstić information content (AvgIpc) is 3.06. The molecule has 0 amide bonds. The predicted molar refractivity (Wildman–Crippen MR) is 111 cm³/mol. The molecule has 0 saturated heterocycles. The molecule has 29 heavy (non-hydrogen) atoms. The van der Waals surface area contributed by atoms with E-state index in [9.17, 15) is 9.50 Å². The topological polar surface area (TPSA) is 93.1 Å². The molecule has 0 atom stereocenters. The van der Waals surface area contributed by atoms with Crippen LogP contribution < -0.4 is 10.6 Å². The Morgan fingerprint density at radius 3 is 2.72 bits per heavy atom. The van der Waals surface area contributed by atoms with Gasteiger partial charge in [0.15, 0.2) is 5.65 Å². The van der Waals surface area contributed by atoms with Gasteiger partial charge in [-0.15, -0.1) is 0 Å². The second-order valence-corrected chi connectivity index (χ2v) is 6.94. The number of aromatic hydroxyl groups is 1. The van der Waals surface area contributed by atoms with Gasteiger partial charge in [0, 0.05) is 30.9 Å². The first-order chi connectivity index (χ1) is 13.9. The van der Waals surface area contributed by atoms with Crippen molar-refractivity contribution in [2.24, 2.45) is 0 Å². The standard InChI is InChI=1S/C21H21FN6O/c1-13-5-3-4-6-17(13)27(2)7-8-28-21-18(20(23)24-12-25-21)19(26-28)14-9-15(22)11-16(29)10-14/h3-6,9-12,29H,7-8H2,1-2H3,(H2,23,24,25). The molecule has 2 aromatic heterocycles. The van der Waals surface area contributed by atoms with Crippen LogP contribution in [0.5, 0.6) is 5.75 Å². The van der Waals surface area contributed by atoms with E-state index in [1.165, 1.54) is 24.0 Å². The van der Waals surface area contributed by atoms with E-state index in [1.54, 1.807) is 4.68 Å². The van der Waals surface area contributed by atoms with E-state index in [0.29, 0.717) is 35.4 Å². The Balaban J connectivity index is 1.72. The molecule has 0 saturated carbocycles. The first-order valence-corrected chi connectivity index (χ1v) is 9.17. The van der Waals surface area contributed by atoms with Gasteiger partial charge in [0.25, 0.3) is 0 Å². The van der Waals surface area contributed by atoms with Crippen molar-refractivity contribution < 1.29 is 9.50 Å². The molecule has 4 aromatic rings. The van der Waals surface area contributed by atoms with Crippen LogP contribution in [-0.4, -0.2) is 38.4 Å². The number of hydrogen-bond donors (Lipinski definition) is 2. The van der Waals surface area contributed by atoms with Crippen LogP contribution in [0, 0.1) is 12.7 Å². The molecule has 8 heteroatoms. The molecular weight excluding hydrogens is 371 g/mol. The molecule has 0 aliphatic heterocycles. The summed E-state index contributed by atoms with van der Waals surface area (Å²) in [5.74, 6) is -0.484. The van der Waals surface area contributed by atoms with Gasteiger partial charge in [-0.1, -0.05) is 18.2 Å². The molecule has 2 aromatic carbocycles. The van der Waals surface area contributed by atoms with Crippen LogP contribution in [0.25, 0.3) is 22.3 Å². The van der Waals surface area contributed by atoms with Crippen LogP contribution in [0.1, 0.15) is 5.56 Å². The Kier molecular flexibility index (Phi) is 4.75. The molecule has 0 aliphatic carbocycles. The lowest BCUT2D eigenvalue weighted by molar-refractivity contribution is 0.469. The summed E-state index contributed by atoms with van der Waals surface area (Å²) >= 11 is 0. The van der Waals surface area contributed by atoms with E-state index in [4.69, 9.17) is 5.73 Å². The summed E-state index contributed by atoms with van der Waals surface area (Å²) in [5, 5.41) is 14.9. The lowest BCUT2D eigenvalue weighted by atomic mass is 10.1. The Hall–Kier alpha value is -3.68. The highest BCUT2D eigenvalue weighted by Crippen LogP contribution is 2.32. The molecule has 0 aliphatic rings. The summed E-state index contributed by atoms with van der Waals surface area (Å²) in [7, 11) is 2.02. The molecule has 148 valence electrons. The monoisotopic (exact) mass is 392 g/mol. The number of phenols is 1. The van der Waals surface area contributed by atoms with Crippen LogP contribution in [0.3, 0.4) is 0 Å². The van der Waals surface area contributed by atoms with Crippen LogP contribution in [-0.2, 0) is 6.54 Å². The summed E-state index contributed by atoms with van der Waals surface area (Å²) in [4.78, 5) is 10.5. The smallest absolute Gasteiger partial charge is 0.164 e. The molecule has 4 rings (SSSR count). The number of likely N-dealkylation sites (N-methyl/N-ethyl adjacent to an activating group) is 1. The molecule has 0 unspecified atom stereocenters. The van der Waals surface area contributed by atoms with Crippen molar-refractivity contribution in [3.05, 3.63) is 60.2 Å². The molecule has 3 N–H and O–H groups in total. The number of rotatable bonds is 5. The minimum Gasteiger partial charge on any atom is -0.508 e. The number of phenolic OH excluding ortho intramolecular Hbond substituents is 1. The first-order valence-electron chi connectivity index (χ1n) is 9.17. The molecule has 0 fully saturated rings. The molecule has 2 heterocycles. The maximum Gasteiger partial charge on any atom is 0.164 e. The molecule has 0 radical (unpaired) electrons. The Morgan fingerprint density at radius 1 is 1.17 bits per heavy atom. The summed E-state index contributed by atoms with van der Waals surface area (Å²) in [6.07, 6.45) is 1.38. The predicted octanol–water partition coefficient (Wildman–Crippen LogP) is 3.37. The highest BCUT2D eigenvalue weighted by atomic mass is 19.1. The van der Waals surface area contributed by atoms with Crippen molar-refractivity contribution in [3.8, 4) is 17.0 Å². The van der Waals surface area contributed by atoms with E-state index in [1.807, 2.05) is 19.2 Å². The number of aromatic nitrogens is 4. The van der Waals surface area contributed by atoms with Gasteiger partial charge in [-0.2, -0.15) is 5.10 Å². The summed E-state index contributed by atoms with van der Waals surface area (Å²) in [6, 6.07) is 11.9. The largest absolute Gasteiger partial charge is 0.508 e. The normalized spacial score (nSPS) is 11.1. The van der Waals surface area contributed by atoms with Gasteiger partial charge in [-0.3, -0.25) is 0 Å². The van der Waals surface area contributed by atoms with Gasteiger partial charge in [0.05, 0.1) is 11.9 Å². The highest BCUT2D eigenvalue weighted by molar-refractivity contribution is 5.98. The number of nitrogen functional groups attached to an aromatic ring is 1. The highest BCUT2D eigenvalue weighted by Gasteiger charge is 2.18. The SMILES string of the molecule is Cc1ccccc1N(C)CCn1nc(-c2cc(O)cc(F)c2)c2c(N)ncnc21. The van der Waals surface area contributed by atoms with E-state index in [2.05, 4.69) is 39.0 Å². The number of nitrogens with two attached hydrogens (primary N) is 1. The zero-order chi connectivity index (χ0) is 20.5. The lowest BCUT2D eigenvalue weighted by Gasteiger charge is -2.21. The minimum absolute atomic E-state index is 0.183. The fraction of sp³-hybridized carbons (Fsp3) is 0.190. The van der Waals surface area contributed by atoms with E-state index in [0.717, 1.165) is 11.8 Å². The molecular formula is C21H21FN6O. The number of anilines is 2. The summed E-state index contributed by atoms with van der Waals surface area (Å²) in [6.45, 7) is 3.29. The number of benzene rings is 2. The Labute approximate surface area is 167 Å². The van der Waals surface area contributed by atoms with Gasteiger partial charge < -0.3 is 15.7 Å². The van der Waals surface area contributed by atoms with Crippen molar-refractivity contribution in [2.75, 3.05) is 24.2 Å². The number of nitrogens with zero attached hydrogens (tertiary/aromatic N) is 5. The Bertz CT molecular complexity index is 1170. The second-order valence-electron chi connectivity index (χ2n) is 6.94. The van der Waals surface area contributed by atoms with Gasteiger partial charge in [-0.25, -0.2) is 19.0 Å². The van der Waals surface area contributed by atoms with Gasteiger partial charge in [0.2, 0.25) is 0 Å². The molecule has 7 nitrogen and oxygen atoms in total. The van der Waals surface area contributed by atoms with Crippen molar-refractivity contribution >= 4 is 22.5 Å². The summed E-state index contributed by atoms with van der Waals surface area (Å²) < 4.78 is 15.6. The van der Waals surface area contributed by atoms with Gasteiger partial charge in [-0.05, 0) is 30.7 Å². The van der Waals surface area contributed by atoms with Crippen LogP contribution in [0.4, 0.5) is 15.9 Å². The number of halogens is 1. The van der Waals surface area contributed by atoms with Crippen LogP contribution in [0.2, 0.25) is 0 Å². The number of fused-ring (bicyclic) bond motifs is 1. The van der Waals surface area contributed by atoms with E-state index in [-0.39, 0.29) is 11.6 Å². The number of aryl methyl sites for hydroxylation is 1. The second kappa shape index (κ2) is 7.38. The fourth-order valence-corrected chi connectivity index (χ4v) is 3.46. The van der Waals surface area contributed by atoms with Crippen molar-refractivity contribution in [2.45, 2.75) is 13.5 Å². The number of para-hydroxylation sites is 1. The van der Waals surface area contributed by atoms with Crippen molar-refractivity contribution in [3.63, 3.8) is 0 Å². The average molecular weight is 392 g/mol. The number of hydrogen-bond acceptors (Lipinski definition) is 6. The van der Waals surface area contributed by atoms with Gasteiger partial charge >= 0.3 is 0 Å². The van der Waals surface area contributed by atoms with E-state index >= 15 is 0 Å². The lowest BCUT2D eigenvalue weighted by Crippen LogP contribution is -2.24. The zero-order valence-corrected chi connectivity index (χ0v) is 16.2. The third-order valence-corrected chi connectivity index (χ3v) is 4.89. The van der Waals surface area contributed by atoms with Gasteiger partial charge in [0.1, 0.15) is 29.4 Å². The third kappa shape index (κ3) is 3.56. The fourth-order valence-electron chi connectivity index (χ4n) is 3.46. The van der Waals surface area contributed by atoms with Crippen LogP contribution >= 0.6 is 0 Å². The Morgan fingerprint density at radius 2 is 1.97 bits per heavy atom. The van der Waals surface area contributed by atoms with Crippen molar-refractivity contribution in [1.82, 2.24) is 19.7 Å². The summed E-state index contributed by atoms with van der Waals surface area (Å²) in [5.41, 5.74) is 9.81. The molecule has 0 bridgehead atoms. The minimum atomic E-state index is -0.558. The maximum absolute atomic E-state index is 13.8. The quantitative estimate of drug-likeness (QED) is 0.541. The van der Waals surface area contributed by atoms with E-state index < -0.39 is 5.82 Å². The van der Waals surface area contributed by atoms with Crippen molar-refractivity contribution in [1.29, 1.82) is 0 Å². The van der Waals surface area contributed by atoms with Crippen LogP contribution in [0.15, 0.2) is 48.8 Å². The molecule has 0 spiro atoms.